The van der Waals surface area contributed by atoms with Gasteiger partial charge in [-0.05, 0) is 37.6 Å². The van der Waals surface area contributed by atoms with Gasteiger partial charge in [-0.15, -0.1) is 0 Å². The van der Waals surface area contributed by atoms with E-state index in [4.69, 9.17) is 0 Å². The molecule has 0 spiro atoms. The number of rotatable bonds is 5. The molecule has 1 aliphatic rings. The molecule has 0 aliphatic heterocycles. The highest BCUT2D eigenvalue weighted by atomic mass is 32.2. The lowest BCUT2D eigenvalue weighted by atomic mass is 9.95. The van der Waals surface area contributed by atoms with Crippen LogP contribution in [0.25, 0.3) is 0 Å². The Labute approximate surface area is 138 Å². The average molecular weight is 339 g/mol. The number of hydrogen-bond donors (Lipinski definition) is 2. The number of hydrogen-bond acceptors (Lipinski definition) is 3. The van der Waals surface area contributed by atoms with Crippen LogP contribution in [0, 0.1) is 0 Å². The SMILES string of the molecule is CNS(=O)(=O)c1cccc(CNC(=O)N(C)C2CCCCC2)c1. The molecule has 6 nitrogen and oxygen atoms in total. The molecule has 2 N–H and O–H groups in total. The van der Waals surface area contributed by atoms with Crippen molar-refractivity contribution in [1.82, 2.24) is 14.9 Å². The van der Waals surface area contributed by atoms with Gasteiger partial charge in [0, 0.05) is 19.6 Å². The fourth-order valence-electron chi connectivity index (χ4n) is 2.88. The van der Waals surface area contributed by atoms with E-state index in [0.29, 0.717) is 12.6 Å². The van der Waals surface area contributed by atoms with E-state index < -0.39 is 10.0 Å². The van der Waals surface area contributed by atoms with Gasteiger partial charge in [0.1, 0.15) is 0 Å². The molecular weight excluding hydrogens is 314 g/mol. The first-order valence-electron chi connectivity index (χ1n) is 7.97. The average Bonchev–Trinajstić information content (AvgIpc) is 2.60. The maximum absolute atomic E-state index is 12.2. The third-order valence-corrected chi connectivity index (χ3v) is 5.78. The number of sulfonamides is 1. The second-order valence-electron chi connectivity index (χ2n) is 5.92. The van der Waals surface area contributed by atoms with Crippen LogP contribution in [-0.2, 0) is 16.6 Å². The Morgan fingerprint density at radius 2 is 1.96 bits per heavy atom. The highest BCUT2D eigenvalue weighted by Gasteiger charge is 2.21. The summed E-state index contributed by atoms with van der Waals surface area (Å²) in [5.74, 6) is 0. The van der Waals surface area contributed by atoms with Gasteiger partial charge in [-0.25, -0.2) is 17.9 Å². The summed E-state index contributed by atoms with van der Waals surface area (Å²) < 4.78 is 25.9. The van der Waals surface area contributed by atoms with Gasteiger partial charge in [0.25, 0.3) is 0 Å². The first kappa shape index (κ1) is 17.7. The van der Waals surface area contributed by atoms with Gasteiger partial charge in [-0.1, -0.05) is 31.4 Å². The fourth-order valence-corrected chi connectivity index (χ4v) is 3.68. The molecule has 1 aromatic rings. The van der Waals surface area contributed by atoms with E-state index in [1.54, 1.807) is 23.1 Å². The molecule has 0 heterocycles. The van der Waals surface area contributed by atoms with Crippen LogP contribution in [0.3, 0.4) is 0 Å². The molecule has 23 heavy (non-hydrogen) atoms. The molecule has 0 bridgehead atoms. The normalized spacial score (nSPS) is 16.1. The quantitative estimate of drug-likeness (QED) is 0.862. The molecule has 0 saturated heterocycles. The Kier molecular flexibility index (Phi) is 6.01. The number of urea groups is 1. The van der Waals surface area contributed by atoms with Gasteiger partial charge in [0.05, 0.1) is 4.90 Å². The Bertz CT molecular complexity index is 640. The van der Waals surface area contributed by atoms with Crippen molar-refractivity contribution in [3.63, 3.8) is 0 Å². The maximum Gasteiger partial charge on any atom is 0.317 e. The van der Waals surface area contributed by atoms with Crippen LogP contribution in [-0.4, -0.2) is 39.5 Å². The largest absolute Gasteiger partial charge is 0.334 e. The molecule has 2 rings (SSSR count). The number of nitrogens with zero attached hydrogens (tertiary/aromatic N) is 1. The first-order chi connectivity index (χ1) is 10.9. The molecule has 128 valence electrons. The second-order valence-corrected chi connectivity index (χ2v) is 7.80. The lowest BCUT2D eigenvalue weighted by Gasteiger charge is -2.31. The van der Waals surface area contributed by atoms with E-state index in [1.165, 1.54) is 32.4 Å². The maximum atomic E-state index is 12.2. The van der Waals surface area contributed by atoms with Crippen LogP contribution in [0.4, 0.5) is 4.79 Å². The molecule has 1 aliphatic carbocycles. The summed E-state index contributed by atoms with van der Waals surface area (Å²) in [7, 11) is -0.261. The number of amides is 2. The van der Waals surface area contributed by atoms with Gasteiger partial charge in [0.15, 0.2) is 0 Å². The summed E-state index contributed by atoms with van der Waals surface area (Å²) in [4.78, 5) is 14.2. The van der Waals surface area contributed by atoms with Crippen molar-refractivity contribution in [3.05, 3.63) is 29.8 Å². The van der Waals surface area contributed by atoms with Crippen molar-refractivity contribution in [2.75, 3.05) is 14.1 Å². The zero-order chi connectivity index (χ0) is 16.9. The minimum atomic E-state index is -3.47. The number of nitrogens with one attached hydrogen (secondary N) is 2. The van der Waals surface area contributed by atoms with Crippen molar-refractivity contribution < 1.29 is 13.2 Å². The van der Waals surface area contributed by atoms with E-state index >= 15 is 0 Å². The molecule has 1 aromatic carbocycles. The van der Waals surface area contributed by atoms with E-state index in [1.807, 2.05) is 7.05 Å². The zero-order valence-electron chi connectivity index (χ0n) is 13.7. The van der Waals surface area contributed by atoms with Crippen LogP contribution < -0.4 is 10.0 Å². The Balaban J connectivity index is 1.95. The molecule has 0 aromatic heterocycles. The molecule has 2 amide bonds. The van der Waals surface area contributed by atoms with Crippen molar-refractivity contribution in [1.29, 1.82) is 0 Å². The Morgan fingerprint density at radius 1 is 1.26 bits per heavy atom. The Hall–Kier alpha value is -1.60. The molecule has 7 heteroatoms. The van der Waals surface area contributed by atoms with Crippen molar-refractivity contribution >= 4 is 16.1 Å². The predicted molar refractivity (Wildman–Crippen MR) is 89.6 cm³/mol. The van der Waals surface area contributed by atoms with Crippen LogP contribution in [0.15, 0.2) is 29.2 Å². The summed E-state index contributed by atoms with van der Waals surface area (Å²) in [5.41, 5.74) is 0.756. The van der Waals surface area contributed by atoms with Crippen molar-refractivity contribution in [3.8, 4) is 0 Å². The van der Waals surface area contributed by atoms with Crippen molar-refractivity contribution in [2.24, 2.45) is 0 Å². The standard InChI is InChI=1S/C16H25N3O3S/c1-17-23(21,22)15-10-6-7-13(11-15)12-18-16(20)19(2)14-8-4-3-5-9-14/h6-7,10-11,14,17H,3-5,8-9,12H2,1-2H3,(H,18,20). The van der Waals surface area contributed by atoms with Crippen LogP contribution >= 0.6 is 0 Å². The lowest BCUT2D eigenvalue weighted by Crippen LogP contribution is -2.44. The minimum absolute atomic E-state index is 0.112. The Morgan fingerprint density at radius 3 is 2.61 bits per heavy atom. The molecule has 0 unspecified atom stereocenters. The minimum Gasteiger partial charge on any atom is -0.334 e. The highest BCUT2D eigenvalue weighted by Crippen LogP contribution is 2.21. The lowest BCUT2D eigenvalue weighted by molar-refractivity contribution is 0.173. The summed E-state index contributed by atoms with van der Waals surface area (Å²) in [6.07, 6.45) is 5.71. The summed E-state index contributed by atoms with van der Waals surface area (Å²) in [5, 5.41) is 2.86. The first-order valence-corrected chi connectivity index (χ1v) is 9.45. The molecule has 0 atom stereocenters. The van der Waals surface area contributed by atoms with E-state index in [9.17, 15) is 13.2 Å². The summed E-state index contributed by atoms with van der Waals surface area (Å²) in [6.45, 7) is 0.308. The number of carbonyl (C=O) groups is 1. The van der Waals surface area contributed by atoms with Gasteiger partial charge in [-0.2, -0.15) is 0 Å². The second kappa shape index (κ2) is 7.79. The van der Waals surface area contributed by atoms with Crippen LogP contribution in [0.5, 0.6) is 0 Å². The van der Waals surface area contributed by atoms with Gasteiger partial charge in [0.2, 0.25) is 10.0 Å². The molecule has 0 radical (unpaired) electrons. The fraction of sp³-hybridized carbons (Fsp3) is 0.562. The number of benzene rings is 1. The predicted octanol–water partition coefficient (Wildman–Crippen LogP) is 2.07. The molecule has 1 saturated carbocycles. The third kappa shape index (κ3) is 4.68. The van der Waals surface area contributed by atoms with Crippen molar-refractivity contribution in [2.45, 2.75) is 49.6 Å². The highest BCUT2D eigenvalue weighted by molar-refractivity contribution is 7.89. The zero-order valence-corrected chi connectivity index (χ0v) is 14.5. The van der Waals surface area contributed by atoms with Gasteiger partial charge >= 0.3 is 6.03 Å². The third-order valence-electron chi connectivity index (χ3n) is 4.36. The van der Waals surface area contributed by atoms with Gasteiger partial charge < -0.3 is 10.2 Å². The summed E-state index contributed by atoms with van der Waals surface area (Å²) in [6, 6.07) is 6.78. The van der Waals surface area contributed by atoms with Crippen LogP contribution in [0.1, 0.15) is 37.7 Å². The summed E-state index contributed by atoms with van der Waals surface area (Å²) >= 11 is 0. The topological polar surface area (TPSA) is 78.5 Å². The number of carbonyl (C=O) groups excluding carboxylic acids is 1. The van der Waals surface area contributed by atoms with Crippen LogP contribution in [0.2, 0.25) is 0 Å². The smallest absolute Gasteiger partial charge is 0.317 e. The van der Waals surface area contributed by atoms with E-state index in [0.717, 1.165) is 18.4 Å². The molecule has 1 fully saturated rings. The van der Waals surface area contributed by atoms with E-state index in [2.05, 4.69) is 10.0 Å². The monoisotopic (exact) mass is 339 g/mol. The van der Waals surface area contributed by atoms with Gasteiger partial charge in [-0.3, -0.25) is 0 Å². The molecular formula is C16H25N3O3S. The van der Waals surface area contributed by atoms with E-state index in [-0.39, 0.29) is 10.9 Å².